The van der Waals surface area contributed by atoms with Crippen LogP contribution in [0.1, 0.15) is 43.6 Å². The van der Waals surface area contributed by atoms with E-state index in [0.717, 1.165) is 42.1 Å². The van der Waals surface area contributed by atoms with Crippen molar-refractivity contribution in [1.29, 1.82) is 0 Å². The molecule has 1 aliphatic carbocycles. The number of halogens is 1. The lowest BCUT2D eigenvalue weighted by molar-refractivity contribution is 0.716. The molecule has 0 radical (unpaired) electrons. The predicted octanol–water partition coefficient (Wildman–Crippen LogP) is 4.46. The molecule has 1 aliphatic rings. The van der Waals surface area contributed by atoms with Crippen LogP contribution in [0.3, 0.4) is 0 Å². The van der Waals surface area contributed by atoms with Crippen molar-refractivity contribution in [2.45, 2.75) is 46.0 Å². The zero-order valence-corrected chi connectivity index (χ0v) is 13.7. The van der Waals surface area contributed by atoms with Crippen LogP contribution in [0.25, 0.3) is 10.2 Å². The normalized spacial score (nSPS) is 13.9. The molecule has 0 N–H and O–H groups in total. The minimum absolute atomic E-state index is 0.638. The van der Waals surface area contributed by atoms with E-state index in [1.165, 1.54) is 29.7 Å². The smallest absolute Gasteiger partial charge is 0.228 e. The van der Waals surface area contributed by atoms with Gasteiger partial charge in [-0.05, 0) is 38.2 Å². The number of fused-ring (bicyclic) bond motifs is 3. The highest BCUT2D eigenvalue weighted by molar-refractivity contribution is 7.19. The predicted molar refractivity (Wildman–Crippen MR) is 87.2 cm³/mol. The molecule has 5 heteroatoms. The SMILES string of the molecule is CCCCN(CC)c1nc(Cl)c2c3c(sc2n1)CCC3. The molecule has 20 heavy (non-hydrogen) atoms. The molecule has 0 amide bonds. The number of rotatable bonds is 5. The molecule has 3 nitrogen and oxygen atoms in total. The largest absolute Gasteiger partial charge is 0.341 e. The first-order chi connectivity index (χ1) is 9.74. The maximum Gasteiger partial charge on any atom is 0.228 e. The van der Waals surface area contributed by atoms with Crippen molar-refractivity contribution < 1.29 is 0 Å². The van der Waals surface area contributed by atoms with Crippen LogP contribution in [0.2, 0.25) is 5.15 Å². The van der Waals surface area contributed by atoms with Crippen molar-refractivity contribution in [2.75, 3.05) is 18.0 Å². The number of aryl methyl sites for hydroxylation is 2. The fourth-order valence-corrected chi connectivity index (χ4v) is 4.42. The van der Waals surface area contributed by atoms with Gasteiger partial charge >= 0.3 is 0 Å². The monoisotopic (exact) mass is 309 g/mol. The number of anilines is 1. The standard InChI is InChI=1S/C15H20ClN3S/c1-3-5-9-19(4-2)15-17-13(16)12-10-7-6-8-11(10)20-14(12)18-15/h3-9H2,1-2H3. The summed E-state index contributed by atoms with van der Waals surface area (Å²) in [6.45, 7) is 6.27. The lowest BCUT2D eigenvalue weighted by Gasteiger charge is -2.20. The van der Waals surface area contributed by atoms with Gasteiger partial charge in [0.15, 0.2) is 0 Å². The van der Waals surface area contributed by atoms with Crippen molar-refractivity contribution in [1.82, 2.24) is 9.97 Å². The summed E-state index contributed by atoms with van der Waals surface area (Å²) in [7, 11) is 0. The Morgan fingerprint density at radius 2 is 2.10 bits per heavy atom. The van der Waals surface area contributed by atoms with Gasteiger partial charge in [0.1, 0.15) is 9.98 Å². The summed E-state index contributed by atoms with van der Waals surface area (Å²) in [4.78, 5) is 14.1. The Morgan fingerprint density at radius 1 is 1.25 bits per heavy atom. The van der Waals surface area contributed by atoms with Crippen LogP contribution < -0.4 is 4.90 Å². The average Bonchev–Trinajstić information content (AvgIpc) is 2.99. The van der Waals surface area contributed by atoms with Crippen LogP contribution in [0.5, 0.6) is 0 Å². The molecule has 108 valence electrons. The minimum Gasteiger partial charge on any atom is -0.341 e. The molecule has 2 heterocycles. The summed E-state index contributed by atoms with van der Waals surface area (Å²) < 4.78 is 0. The number of hydrogen-bond donors (Lipinski definition) is 0. The van der Waals surface area contributed by atoms with E-state index in [4.69, 9.17) is 16.6 Å². The van der Waals surface area contributed by atoms with Crippen LogP contribution in [-0.2, 0) is 12.8 Å². The van der Waals surface area contributed by atoms with E-state index in [2.05, 4.69) is 23.7 Å². The second-order valence-electron chi connectivity index (χ2n) is 5.29. The highest BCUT2D eigenvalue weighted by Crippen LogP contribution is 2.39. The Bertz CT molecular complexity index is 623. The van der Waals surface area contributed by atoms with E-state index in [1.807, 2.05) is 0 Å². The van der Waals surface area contributed by atoms with Crippen LogP contribution in [-0.4, -0.2) is 23.1 Å². The highest BCUT2D eigenvalue weighted by atomic mass is 35.5. The van der Waals surface area contributed by atoms with E-state index in [9.17, 15) is 0 Å². The molecule has 0 unspecified atom stereocenters. The van der Waals surface area contributed by atoms with Gasteiger partial charge in [-0.3, -0.25) is 0 Å². The van der Waals surface area contributed by atoms with Crippen LogP contribution in [0.15, 0.2) is 0 Å². The van der Waals surface area contributed by atoms with Gasteiger partial charge in [0, 0.05) is 18.0 Å². The molecule has 0 fully saturated rings. The van der Waals surface area contributed by atoms with Gasteiger partial charge in [-0.1, -0.05) is 24.9 Å². The number of hydrogen-bond acceptors (Lipinski definition) is 4. The lowest BCUT2D eigenvalue weighted by Crippen LogP contribution is -2.25. The first-order valence-electron chi connectivity index (χ1n) is 7.47. The molecule has 0 saturated carbocycles. The third kappa shape index (κ3) is 2.40. The van der Waals surface area contributed by atoms with Gasteiger partial charge in [0.05, 0.1) is 5.39 Å². The fraction of sp³-hybridized carbons (Fsp3) is 0.600. The lowest BCUT2D eigenvalue weighted by atomic mass is 10.2. The molecule has 3 rings (SSSR count). The highest BCUT2D eigenvalue weighted by Gasteiger charge is 2.22. The van der Waals surface area contributed by atoms with Crippen molar-refractivity contribution in [2.24, 2.45) is 0 Å². The number of nitrogens with zero attached hydrogens (tertiary/aromatic N) is 3. The van der Waals surface area contributed by atoms with Crippen molar-refractivity contribution in [3.8, 4) is 0 Å². The third-order valence-corrected chi connectivity index (χ3v) is 5.41. The molecule has 0 atom stereocenters. The Morgan fingerprint density at radius 3 is 2.85 bits per heavy atom. The van der Waals surface area contributed by atoms with Crippen LogP contribution >= 0.6 is 22.9 Å². The van der Waals surface area contributed by atoms with Gasteiger partial charge in [0.2, 0.25) is 5.95 Å². The zero-order chi connectivity index (χ0) is 14.1. The number of aromatic nitrogens is 2. The van der Waals surface area contributed by atoms with Gasteiger partial charge in [-0.2, -0.15) is 0 Å². The van der Waals surface area contributed by atoms with Crippen LogP contribution in [0, 0.1) is 0 Å². The zero-order valence-electron chi connectivity index (χ0n) is 12.1. The number of unbranched alkanes of at least 4 members (excludes halogenated alkanes) is 1. The summed E-state index contributed by atoms with van der Waals surface area (Å²) in [5, 5.41) is 1.75. The van der Waals surface area contributed by atoms with E-state index < -0.39 is 0 Å². The summed E-state index contributed by atoms with van der Waals surface area (Å²) in [6, 6.07) is 0. The van der Waals surface area contributed by atoms with Crippen molar-refractivity contribution in [3.63, 3.8) is 0 Å². The summed E-state index contributed by atoms with van der Waals surface area (Å²) in [6.07, 6.45) is 5.89. The Kier molecular flexibility index (Phi) is 4.13. The van der Waals surface area contributed by atoms with E-state index in [-0.39, 0.29) is 0 Å². The van der Waals surface area contributed by atoms with Gasteiger partial charge in [-0.25, -0.2) is 9.97 Å². The number of thiophene rings is 1. The maximum atomic E-state index is 6.45. The third-order valence-electron chi connectivity index (χ3n) is 3.95. The van der Waals surface area contributed by atoms with Gasteiger partial charge < -0.3 is 4.90 Å². The topological polar surface area (TPSA) is 29.0 Å². The first-order valence-corrected chi connectivity index (χ1v) is 8.66. The van der Waals surface area contributed by atoms with E-state index in [1.54, 1.807) is 11.3 Å². The van der Waals surface area contributed by atoms with Crippen molar-refractivity contribution >= 4 is 39.1 Å². The molecular weight excluding hydrogens is 290 g/mol. The van der Waals surface area contributed by atoms with E-state index in [0.29, 0.717) is 5.15 Å². The molecule has 0 aromatic carbocycles. The Labute approximate surface area is 129 Å². The summed E-state index contributed by atoms with van der Waals surface area (Å²) in [5.74, 6) is 0.790. The Balaban J connectivity index is 2.01. The van der Waals surface area contributed by atoms with Gasteiger partial charge in [-0.15, -0.1) is 11.3 Å². The molecule has 0 bridgehead atoms. The van der Waals surface area contributed by atoms with Crippen molar-refractivity contribution in [3.05, 3.63) is 15.6 Å². The van der Waals surface area contributed by atoms with Crippen LogP contribution in [0.4, 0.5) is 5.95 Å². The fourth-order valence-electron chi connectivity index (χ4n) is 2.83. The average molecular weight is 310 g/mol. The second kappa shape index (κ2) is 5.86. The van der Waals surface area contributed by atoms with Gasteiger partial charge in [0.25, 0.3) is 0 Å². The minimum atomic E-state index is 0.638. The molecule has 2 aromatic heterocycles. The first kappa shape index (κ1) is 14.1. The van der Waals surface area contributed by atoms with E-state index >= 15 is 0 Å². The molecule has 0 spiro atoms. The molecular formula is C15H20ClN3S. The summed E-state index contributed by atoms with van der Waals surface area (Å²) in [5.41, 5.74) is 1.40. The maximum absolute atomic E-state index is 6.45. The summed E-state index contributed by atoms with van der Waals surface area (Å²) >= 11 is 8.26. The quantitative estimate of drug-likeness (QED) is 0.764. The molecule has 0 aliphatic heterocycles. The molecule has 2 aromatic rings. The second-order valence-corrected chi connectivity index (χ2v) is 6.73. The Hall–Kier alpha value is -0.870. The molecule has 0 saturated heterocycles.